The number of hydrogen-bond acceptors (Lipinski definition) is 6. The third-order valence-corrected chi connectivity index (χ3v) is 2.56. The van der Waals surface area contributed by atoms with E-state index in [1.165, 1.54) is 22.6 Å². The lowest BCUT2D eigenvalue weighted by Crippen LogP contribution is -2.21. The first kappa shape index (κ1) is 15.4. The molecule has 0 aliphatic rings. The van der Waals surface area contributed by atoms with Crippen molar-refractivity contribution in [1.82, 2.24) is 4.98 Å². The minimum Gasteiger partial charge on any atom is -0.465 e. The summed E-state index contributed by atoms with van der Waals surface area (Å²) in [5.74, 6) is -3.25. The highest BCUT2D eigenvalue weighted by Crippen LogP contribution is 2.30. The summed E-state index contributed by atoms with van der Waals surface area (Å²) in [5, 5.41) is 10.5. The molecule has 0 bridgehead atoms. The Morgan fingerprint density at radius 2 is 2.11 bits per heavy atom. The van der Waals surface area contributed by atoms with Gasteiger partial charge in [0.25, 0.3) is 0 Å². The topological polar surface area (TPSA) is 91.6 Å². The highest BCUT2D eigenvalue weighted by atomic mass is 127. The molecule has 7 nitrogen and oxygen atoms in total. The highest BCUT2D eigenvalue weighted by Gasteiger charge is 2.38. The van der Waals surface area contributed by atoms with Crippen molar-refractivity contribution >= 4 is 34.4 Å². The zero-order valence-corrected chi connectivity index (χ0v) is 11.2. The van der Waals surface area contributed by atoms with Crippen LogP contribution in [0.2, 0.25) is 0 Å². The van der Waals surface area contributed by atoms with E-state index in [-0.39, 0.29) is 3.57 Å². The Morgan fingerprint density at radius 3 is 2.53 bits per heavy atom. The largest absolute Gasteiger partial charge is 0.575 e. The van der Waals surface area contributed by atoms with Gasteiger partial charge in [-0.15, -0.1) is 13.2 Å². The van der Waals surface area contributed by atoms with Gasteiger partial charge in [0.05, 0.1) is 13.2 Å². The van der Waals surface area contributed by atoms with Crippen molar-refractivity contribution in [2.75, 3.05) is 7.11 Å². The molecule has 0 N–H and O–H groups in total. The van der Waals surface area contributed by atoms with Crippen LogP contribution in [0.1, 0.15) is 10.4 Å². The van der Waals surface area contributed by atoms with Gasteiger partial charge in [-0.3, -0.25) is 0 Å². The maximum Gasteiger partial charge on any atom is 0.575 e. The fourth-order valence-electron chi connectivity index (χ4n) is 1.04. The molecule has 1 rings (SSSR count). The second kappa shape index (κ2) is 5.54. The Kier molecular flexibility index (Phi) is 4.49. The van der Waals surface area contributed by atoms with E-state index in [0.29, 0.717) is 0 Å². The monoisotopic (exact) mass is 392 g/mol. The van der Waals surface area contributed by atoms with Gasteiger partial charge in [0.2, 0.25) is 0 Å². The van der Waals surface area contributed by atoms with Crippen molar-refractivity contribution < 1.29 is 32.4 Å². The summed E-state index contributed by atoms with van der Waals surface area (Å²) in [5.41, 5.74) is -0.633. The Hall–Kier alpha value is -1.66. The average Bonchev–Trinajstić information content (AvgIpc) is 2.25. The maximum absolute atomic E-state index is 12.2. The molecule has 0 spiro atoms. The van der Waals surface area contributed by atoms with E-state index >= 15 is 0 Å². The molecule has 1 heterocycles. The molecule has 0 radical (unpaired) electrons. The fraction of sp³-hybridized carbons (Fsp3) is 0.250. The SMILES string of the molecule is COC(=O)c1c(I)cc([N+](=O)[O-])nc1OC(F)(F)F. The summed E-state index contributed by atoms with van der Waals surface area (Å²) in [4.78, 5) is 23.9. The molecule has 11 heteroatoms. The lowest BCUT2D eigenvalue weighted by Gasteiger charge is -2.09. The van der Waals surface area contributed by atoms with Gasteiger partial charge >= 0.3 is 24.0 Å². The van der Waals surface area contributed by atoms with E-state index in [0.717, 1.165) is 13.2 Å². The molecule has 104 valence electrons. The van der Waals surface area contributed by atoms with Crippen LogP contribution in [0.25, 0.3) is 0 Å². The number of nitrogens with zero attached hydrogens (tertiary/aromatic N) is 2. The zero-order chi connectivity index (χ0) is 14.8. The summed E-state index contributed by atoms with van der Waals surface area (Å²) in [6.45, 7) is 0. The molecular weight excluding hydrogens is 388 g/mol. The lowest BCUT2D eigenvalue weighted by atomic mass is 10.2. The molecule has 0 aliphatic heterocycles. The van der Waals surface area contributed by atoms with Crippen molar-refractivity contribution in [2.45, 2.75) is 6.36 Å². The molecule has 1 aromatic rings. The van der Waals surface area contributed by atoms with E-state index in [4.69, 9.17) is 0 Å². The molecular formula is C8H4F3IN2O5. The number of carbonyl (C=O) groups excluding carboxylic acids is 1. The Bertz CT molecular complexity index is 534. The normalized spacial score (nSPS) is 11.0. The van der Waals surface area contributed by atoms with Crippen molar-refractivity contribution in [1.29, 1.82) is 0 Å². The number of alkyl halides is 3. The molecule has 0 atom stereocenters. The van der Waals surface area contributed by atoms with E-state index in [1.54, 1.807) is 0 Å². The molecule has 0 saturated carbocycles. The minimum absolute atomic E-state index is 0.148. The summed E-state index contributed by atoms with van der Waals surface area (Å²) in [6, 6.07) is 0.829. The first-order valence-corrected chi connectivity index (χ1v) is 5.42. The van der Waals surface area contributed by atoms with Crippen molar-refractivity contribution in [3.8, 4) is 5.88 Å². The number of hydrogen-bond donors (Lipinski definition) is 0. The summed E-state index contributed by atoms with van der Waals surface area (Å²) in [7, 11) is 0.942. The van der Waals surface area contributed by atoms with Crippen molar-refractivity contribution in [2.24, 2.45) is 0 Å². The summed E-state index contributed by atoms with van der Waals surface area (Å²) in [6.07, 6.45) is -5.14. The van der Waals surface area contributed by atoms with Crippen LogP contribution in [0, 0.1) is 13.7 Å². The molecule has 1 aromatic heterocycles. The molecule has 0 amide bonds. The van der Waals surface area contributed by atoms with Crippen LogP contribution in [0.5, 0.6) is 5.88 Å². The quantitative estimate of drug-likeness (QED) is 0.339. The average molecular weight is 392 g/mol. The number of rotatable bonds is 3. The Labute approximate surface area is 117 Å². The molecule has 0 aromatic carbocycles. The van der Waals surface area contributed by atoms with E-state index in [9.17, 15) is 28.1 Å². The lowest BCUT2D eigenvalue weighted by molar-refractivity contribution is -0.390. The van der Waals surface area contributed by atoms with Crippen LogP contribution in [0.15, 0.2) is 6.07 Å². The molecule has 0 aliphatic carbocycles. The van der Waals surface area contributed by atoms with E-state index < -0.39 is 34.5 Å². The highest BCUT2D eigenvalue weighted by molar-refractivity contribution is 14.1. The van der Waals surface area contributed by atoms with Crippen LogP contribution >= 0.6 is 22.6 Å². The molecule has 0 unspecified atom stereocenters. The van der Waals surface area contributed by atoms with Crippen LogP contribution in [0.3, 0.4) is 0 Å². The van der Waals surface area contributed by atoms with Gasteiger partial charge in [-0.1, -0.05) is 0 Å². The Balaban J connectivity index is 3.44. The molecule has 19 heavy (non-hydrogen) atoms. The third kappa shape index (κ3) is 3.90. The van der Waals surface area contributed by atoms with E-state index in [1.807, 2.05) is 0 Å². The second-order valence-corrected chi connectivity index (χ2v) is 4.10. The number of methoxy groups -OCH3 is 1. The fourth-order valence-corrected chi connectivity index (χ4v) is 1.77. The predicted octanol–water partition coefficient (Wildman–Crippen LogP) is 2.28. The number of halogens is 4. The van der Waals surface area contributed by atoms with Crippen LogP contribution in [-0.2, 0) is 4.74 Å². The van der Waals surface area contributed by atoms with Crippen LogP contribution in [-0.4, -0.2) is 29.3 Å². The standard InChI is InChI=1S/C8H4F3IN2O5/c1-18-7(15)5-3(12)2-4(14(16)17)13-6(5)19-8(9,10)11/h2H,1H3. The number of nitro groups is 1. The van der Waals surface area contributed by atoms with Gasteiger partial charge in [-0.25, -0.2) is 4.79 Å². The van der Waals surface area contributed by atoms with Gasteiger partial charge in [0.1, 0.15) is 0 Å². The van der Waals surface area contributed by atoms with Gasteiger partial charge in [-0.2, -0.15) is 0 Å². The second-order valence-electron chi connectivity index (χ2n) is 2.94. The van der Waals surface area contributed by atoms with Crippen LogP contribution < -0.4 is 4.74 Å². The van der Waals surface area contributed by atoms with Crippen molar-refractivity contribution in [3.05, 3.63) is 25.3 Å². The number of esters is 1. The smallest absolute Gasteiger partial charge is 0.465 e. The summed E-state index contributed by atoms with van der Waals surface area (Å²) >= 11 is 1.44. The number of aromatic nitrogens is 1. The zero-order valence-electron chi connectivity index (χ0n) is 9.02. The van der Waals surface area contributed by atoms with Gasteiger partial charge in [0, 0.05) is 8.55 Å². The number of carbonyl (C=O) groups is 1. The van der Waals surface area contributed by atoms with Gasteiger partial charge in [-0.05, 0) is 27.5 Å². The number of ether oxygens (including phenoxy) is 2. The third-order valence-electron chi connectivity index (χ3n) is 1.71. The molecule has 0 fully saturated rings. The van der Waals surface area contributed by atoms with Gasteiger partial charge in [0.15, 0.2) is 5.56 Å². The summed E-state index contributed by atoms with van der Waals surface area (Å²) < 4.78 is 44.1. The minimum atomic E-state index is -5.14. The Morgan fingerprint density at radius 1 is 1.53 bits per heavy atom. The number of pyridine rings is 1. The maximum atomic E-state index is 12.2. The van der Waals surface area contributed by atoms with Crippen LogP contribution in [0.4, 0.5) is 19.0 Å². The van der Waals surface area contributed by atoms with E-state index in [2.05, 4.69) is 14.5 Å². The van der Waals surface area contributed by atoms with Crippen molar-refractivity contribution in [3.63, 3.8) is 0 Å². The first-order valence-electron chi connectivity index (χ1n) is 4.34. The molecule has 0 saturated heterocycles. The first-order chi connectivity index (χ1) is 8.65. The predicted molar refractivity (Wildman–Crippen MR) is 61.6 cm³/mol. The van der Waals surface area contributed by atoms with Gasteiger partial charge < -0.3 is 19.6 Å².